The SMILES string of the molecule is O=C(Cc1cnc2ccccn12)NC1CCC(Nc2cc(C(F)(F)F)nc3ccc(Cl)cc23)CC1. The Morgan fingerprint density at radius 1 is 1.09 bits per heavy atom. The number of carbonyl (C=O) groups is 1. The van der Waals surface area contributed by atoms with Crippen LogP contribution >= 0.6 is 11.6 Å². The van der Waals surface area contributed by atoms with Crippen LogP contribution in [0.1, 0.15) is 37.1 Å². The molecule has 35 heavy (non-hydrogen) atoms. The molecule has 4 aromatic rings. The van der Waals surface area contributed by atoms with E-state index in [-0.39, 0.29) is 29.9 Å². The third-order valence-corrected chi connectivity index (χ3v) is 6.58. The zero-order chi connectivity index (χ0) is 24.6. The molecule has 0 spiro atoms. The molecule has 0 bridgehead atoms. The van der Waals surface area contributed by atoms with Gasteiger partial charge in [0.05, 0.1) is 17.6 Å². The number of carbonyl (C=O) groups excluding carboxylic acids is 1. The van der Waals surface area contributed by atoms with Gasteiger partial charge in [0.15, 0.2) is 0 Å². The van der Waals surface area contributed by atoms with Gasteiger partial charge in [-0.05, 0) is 62.1 Å². The molecule has 10 heteroatoms. The Morgan fingerprint density at radius 2 is 1.86 bits per heavy atom. The summed E-state index contributed by atoms with van der Waals surface area (Å²) >= 11 is 6.09. The number of anilines is 1. The van der Waals surface area contributed by atoms with Gasteiger partial charge in [-0.2, -0.15) is 13.2 Å². The lowest BCUT2D eigenvalue weighted by Gasteiger charge is -2.30. The van der Waals surface area contributed by atoms with Gasteiger partial charge in [-0.15, -0.1) is 0 Å². The number of benzene rings is 1. The Labute approximate surface area is 204 Å². The van der Waals surface area contributed by atoms with E-state index in [4.69, 9.17) is 11.6 Å². The summed E-state index contributed by atoms with van der Waals surface area (Å²) < 4.78 is 42.0. The van der Waals surface area contributed by atoms with E-state index in [2.05, 4.69) is 20.6 Å². The van der Waals surface area contributed by atoms with Gasteiger partial charge in [-0.25, -0.2) is 9.97 Å². The van der Waals surface area contributed by atoms with E-state index >= 15 is 0 Å². The number of nitrogens with one attached hydrogen (secondary N) is 2. The van der Waals surface area contributed by atoms with Crippen molar-refractivity contribution in [3.05, 3.63) is 71.3 Å². The Morgan fingerprint density at radius 3 is 2.63 bits per heavy atom. The fourth-order valence-electron chi connectivity index (χ4n) is 4.62. The number of rotatable bonds is 5. The van der Waals surface area contributed by atoms with E-state index in [1.165, 1.54) is 12.1 Å². The maximum Gasteiger partial charge on any atom is 0.433 e. The highest BCUT2D eigenvalue weighted by molar-refractivity contribution is 6.31. The number of hydrogen-bond donors (Lipinski definition) is 2. The van der Waals surface area contributed by atoms with E-state index in [0.717, 1.165) is 30.2 Å². The summed E-state index contributed by atoms with van der Waals surface area (Å²) in [6.07, 6.45) is 2.15. The standard InChI is InChI=1S/C25H23ClF3N5O/c26-15-4-9-20-19(11-15)21(13-22(33-20)25(27,28)29)31-16-5-7-17(8-6-16)32-24(35)12-18-14-30-23-3-1-2-10-34(18)23/h1-4,9-11,13-14,16-17H,5-8,12H2,(H,31,33)(H,32,35). The first-order chi connectivity index (χ1) is 16.8. The molecule has 6 nitrogen and oxygen atoms in total. The second-order valence-electron chi connectivity index (χ2n) is 8.83. The molecule has 1 saturated carbocycles. The summed E-state index contributed by atoms with van der Waals surface area (Å²) in [5.74, 6) is -0.0725. The Balaban J connectivity index is 1.22. The number of pyridine rings is 2. The first-order valence-corrected chi connectivity index (χ1v) is 11.8. The van der Waals surface area contributed by atoms with Gasteiger partial charge in [0.25, 0.3) is 0 Å². The molecule has 1 aliphatic rings. The van der Waals surface area contributed by atoms with Crippen molar-refractivity contribution in [3.63, 3.8) is 0 Å². The highest BCUT2D eigenvalue weighted by Gasteiger charge is 2.34. The van der Waals surface area contributed by atoms with Crippen molar-refractivity contribution in [1.82, 2.24) is 19.7 Å². The molecule has 3 aromatic heterocycles. The Bertz CT molecular complexity index is 1380. The second-order valence-corrected chi connectivity index (χ2v) is 9.27. The topological polar surface area (TPSA) is 71.3 Å². The highest BCUT2D eigenvalue weighted by Crippen LogP contribution is 2.35. The predicted molar refractivity (Wildman–Crippen MR) is 128 cm³/mol. The van der Waals surface area contributed by atoms with E-state index in [1.807, 2.05) is 28.8 Å². The number of fused-ring (bicyclic) bond motifs is 2. The fraction of sp³-hybridized carbons (Fsp3) is 0.320. The van der Waals surface area contributed by atoms with Gasteiger partial charge in [-0.1, -0.05) is 17.7 Å². The molecule has 0 unspecified atom stereocenters. The summed E-state index contributed by atoms with van der Waals surface area (Å²) in [4.78, 5) is 20.7. The maximum atomic E-state index is 13.4. The first-order valence-electron chi connectivity index (χ1n) is 11.4. The summed E-state index contributed by atoms with van der Waals surface area (Å²) in [7, 11) is 0. The molecule has 1 aromatic carbocycles. The van der Waals surface area contributed by atoms with Crippen molar-refractivity contribution in [3.8, 4) is 0 Å². The third-order valence-electron chi connectivity index (χ3n) is 6.35. The number of alkyl halides is 3. The Kier molecular flexibility index (Phi) is 6.27. The summed E-state index contributed by atoms with van der Waals surface area (Å²) in [6, 6.07) is 11.4. The van der Waals surface area contributed by atoms with Crippen molar-refractivity contribution >= 4 is 39.7 Å². The van der Waals surface area contributed by atoms with E-state index in [1.54, 1.807) is 12.3 Å². The van der Waals surface area contributed by atoms with Crippen LogP contribution < -0.4 is 10.6 Å². The van der Waals surface area contributed by atoms with Gasteiger partial charge in [-0.3, -0.25) is 4.79 Å². The molecule has 1 aliphatic carbocycles. The monoisotopic (exact) mass is 501 g/mol. The molecule has 3 heterocycles. The lowest BCUT2D eigenvalue weighted by molar-refractivity contribution is -0.140. The molecule has 0 atom stereocenters. The van der Waals surface area contributed by atoms with Gasteiger partial charge in [0.2, 0.25) is 5.91 Å². The van der Waals surface area contributed by atoms with Crippen molar-refractivity contribution in [2.45, 2.75) is 50.4 Å². The zero-order valence-corrected chi connectivity index (χ0v) is 19.4. The number of nitrogens with zero attached hydrogens (tertiary/aromatic N) is 3. The molecule has 5 rings (SSSR count). The molecule has 182 valence electrons. The van der Waals surface area contributed by atoms with Crippen molar-refractivity contribution in [2.75, 3.05) is 5.32 Å². The minimum Gasteiger partial charge on any atom is -0.382 e. The predicted octanol–water partition coefficient (Wildman–Crippen LogP) is 5.64. The van der Waals surface area contributed by atoms with Crippen LogP contribution in [0.15, 0.2) is 54.9 Å². The first kappa shape index (κ1) is 23.4. The molecule has 1 amide bonds. The van der Waals surface area contributed by atoms with Crippen LogP contribution in [0.2, 0.25) is 5.02 Å². The van der Waals surface area contributed by atoms with Crippen LogP contribution in [0.5, 0.6) is 0 Å². The minimum absolute atomic E-state index is 0.0207. The number of imidazole rings is 1. The van der Waals surface area contributed by atoms with Gasteiger partial charge in [0.1, 0.15) is 11.3 Å². The maximum absolute atomic E-state index is 13.4. The second kappa shape index (κ2) is 9.37. The lowest BCUT2D eigenvalue weighted by atomic mass is 9.90. The van der Waals surface area contributed by atoms with Gasteiger partial charge in [0, 0.05) is 40.6 Å². The highest BCUT2D eigenvalue weighted by atomic mass is 35.5. The normalized spacial score (nSPS) is 18.6. The zero-order valence-electron chi connectivity index (χ0n) is 18.6. The van der Waals surface area contributed by atoms with Crippen molar-refractivity contribution < 1.29 is 18.0 Å². The molecular formula is C25H23ClF3N5O. The summed E-state index contributed by atoms with van der Waals surface area (Å²) in [6.45, 7) is 0. The van der Waals surface area contributed by atoms with Crippen LogP contribution in [0.3, 0.4) is 0 Å². The number of halogens is 4. The fourth-order valence-corrected chi connectivity index (χ4v) is 4.80. The lowest BCUT2D eigenvalue weighted by Crippen LogP contribution is -2.40. The largest absolute Gasteiger partial charge is 0.433 e. The summed E-state index contributed by atoms with van der Waals surface area (Å²) in [5.41, 5.74) is 1.27. The average Bonchev–Trinajstić information content (AvgIpc) is 3.22. The molecule has 0 saturated heterocycles. The van der Waals surface area contributed by atoms with Crippen LogP contribution in [-0.2, 0) is 17.4 Å². The van der Waals surface area contributed by atoms with E-state index < -0.39 is 11.9 Å². The van der Waals surface area contributed by atoms with Crippen molar-refractivity contribution in [2.24, 2.45) is 0 Å². The molecule has 2 N–H and O–H groups in total. The quantitative estimate of drug-likeness (QED) is 0.371. The third kappa shape index (κ3) is 5.19. The minimum atomic E-state index is -4.55. The number of aromatic nitrogens is 3. The van der Waals surface area contributed by atoms with Crippen LogP contribution in [-0.4, -0.2) is 32.4 Å². The van der Waals surface area contributed by atoms with Crippen LogP contribution in [0.4, 0.5) is 18.9 Å². The number of hydrogen-bond acceptors (Lipinski definition) is 4. The van der Waals surface area contributed by atoms with E-state index in [9.17, 15) is 18.0 Å². The molecular weight excluding hydrogens is 479 g/mol. The average molecular weight is 502 g/mol. The van der Waals surface area contributed by atoms with Crippen LogP contribution in [0.25, 0.3) is 16.6 Å². The molecule has 0 aliphatic heterocycles. The summed E-state index contributed by atoms with van der Waals surface area (Å²) in [5, 5.41) is 7.34. The van der Waals surface area contributed by atoms with Crippen molar-refractivity contribution in [1.29, 1.82) is 0 Å². The Hall–Kier alpha value is -3.33. The molecule has 1 fully saturated rings. The van der Waals surface area contributed by atoms with Crippen LogP contribution in [0, 0.1) is 0 Å². The van der Waals surface area contributed by atoms with E-state index in [0.29, 0.717) is 28.9 Å². The number of amides is 1. The van der Waals surface area contributed by atoms with Gasteiger partial charge >= 0.3 is 6.18 Å². The molecule has 0 radical (unpaired) electrons. The smallest absolute Gasteiger partial charge is 0.382 e. The van der Waals surface area contributed by atoms with Gasteiger partial charge < -0.3 is 15.0 Å².